The van der Waals surface area contributed by atoms with Gasteiger partial charge in [0.2, 0.25) is 0 Å². The first-order valence-corrected chi connectivity index (χ1v) is 20.1. The van der Waals surface area contributed by atoms with Crippen LogP contribution in [-0.2, 0) is 12.8 Å². The Balaban J connectivity index is 1.29. The summed E-state index contributed by atoms with van der Waals surface area (Å²) in [5.74, 6) is 2.72. The van der Waals surface area contributed by atoms with Crippen molar-refractivity contribution in [3.05, 3.63) is 96.2 Å². The monoisotopic (exact) mass is 1130 g/mol. The van der Waals surface area contributed by atoms with Crippen molar-refractivity contribution in [3.63, 3.8) is 0 Å². The van der Waals surface area contributed by atoms with Gasteiger partial charge >= 0.3 is 0 Å². The van der Waals surface area contributed by atoms with Crippen LogP contribution in [0.1, 0.15) is 57.5 Å². The second kappa shape index (κ2) is 16.4. The van der Waals surface area contributed by atoms with Gasteiger partial charge in [-0.1, -0.05) is 0 Å². The zero-order valence-electron chi connectivity index (χ0n) is 27.9. The molecular weight excluding hydrogens is 1090 g/mol. The molecule has 4 atom stereocenters. The molecule has 0 bridgehead atoms. The van der Waals surface area contributed by atoms with Crippen LogP contribution in [0.2, 0.25) is 0 Å². The third-order valence-corrected chi connectivity index (χ3v) is 12.7. The normalized spacial score (nSPS) is 19.4. The number of halogens is 4. The lowest BCUT2D eigenvalue weighted by Gasteiger charge is -2.36. The molecule has 0 radical (unpaired) electrons. The molecule has 14 heteroatoms. The Morgan fingerprint density at radius 2 is 1.10 bits per heavy atom. The molecule has 0 saturated heterocycles. The van der Waals surface area contributed by atoms with E-state index >= 15 is 0 Å². The summed E-state index contributed by atoms with van der Waals surface area (Å²) in [6.07, 6.45) is 3.51. The standard InChI is InChI=1S/C36H38I4N6O4/c1-47-31-11-19-21(13-33(31)49-3)29(15-43-27(19)9-17-5-23(37)35(41)24(38)6-17)45-46-30-16-44-28(10-18-7-25(39)36(42)26(40)8-18)20-12-32(48-2)34(50-4)14-22(20)30/h5-8,11-15,27-30,44-46H,9-10,16,41-42H2,1-4H3. The molecule has 4 aromatic carbocycles. The van der Waals surface area contributed by atoms with Crippen molar-refractivity contribution in [1.29, 1.82) is 0 Å². The van der Waals surface area contributed by atoms with E-state index in [-0.39, 0.29) is 24.2 Å². The predicted octanol–water partition coefficient (Wildman–Crippen LogP) is 7.44. The van der Waals surface area contributed by atoms with Crippen LogP contribution in [0, 0.1) is 14.3 Å². The summed E-state index contributed by atoms with van der Waals surface area (Å²) in [6, 6.07) is 16.5. The van der Waals surface area contributed by atoms with E-state index in [1.54, 1.807) is 28.4 Å². The van der Waals surface area contributed by atoms with Gasteiger partial charge in [-0.3, -0.25) is 4.99 Å². The van der Waals surface area contributed by atoms with E-state index in [0.717, 1.165) is 60.8 Å². The predicted molar refractivity (Wildman–Crippen MR) is 233 cm³/mol. The molecule has 50 heavy (non-hydrogen) atoms. The van der Waals surface area contributed by atoms with Gasteiger partial charge < -0.3 is 35.7 Å². The zero-order chi connectivity index (χ0) is 35.7. The van der Waals surface area contributed by atoms with Gasteiger partial charge in [-0.2, -0.15) is 0 Å². The summed E-state index contributed by atoms with van der Waals surface area (Å²) >= 11 is 9.21. The van der Waals surface area contributed by atoms with Crippen LogP contribution in [0.3, 0.4) is 0 Å². The summed E-state index contributed by atoms with van der Waals surface area (Å²) in [5, 5.41) is 3.79. The van der Waals surface area contributed by atoms with Gasteiger partial charge in [0.15, 0.2) is 23.0 Å². The number of nitrogens with two attached hydrogens (primary N) is 2. The molecule has 0 spiro atoms. The van der Waals surface area contributed by atoms with Crippen molar-refractivity contribution in [3.8, 4) is 23.0 Å². The number of hydrogen-bond donors (Lipinski definition) is 5. The van der Waals surface area contributed by atoms with Crippen molar-refractivity contribution in [2.24, 2.45) is 4.99 Å². The summed E-state index contributed by atoms with van der Waals surface area (Å²) < 4.78 is 27.2. The molecule has 4 unspecified atom stereocenters. The molecule has 10 nitrogen and oxygen atoms in total. The van der Waals surface area contributed by atoms with Crippen LogP contribution in [0.4, 0.5) is 11.4 Å². The number of nitrogens with zero attached hydrogens (tertiary/aromatic N) is 1. The number of ether oxygens (including phenoxy) is 4. The molecule has 2 aliphatic rings. The fourth-order valence-corrected chi connectivity index (χ4v) is 10.4. The first-order chi connectivity index (χ1) is 24.0. The molecule has 0 aromatic heterocycles. The highest BCUT2D eigenvalue weighted by Crippen LogP contribution is 2.42. The molecule has 0 aliphatic carbocycles. The van der Waals surface area contributed by atoms with Crippen molar-refractivity contribution in [2.45, 2.75) is 37.0 Å². The maximum atomic E-state index is 6.26. The van der Waals surface area contributed by atoms with E-state index in [1.807, 2.05) is 6.21 Å². The van der Waals surface area contributed by atoms with Gasteiger partial charge in [0, 0.05) is 33.1 Å². The third-order valence-electron chi connectivity index (χ3n) is 9.17. The van der Waals surface area contributed by atoms with Crippen molar-refractivity contribution < 1.29 is 18.9 Å². The van der Waals surface area contributed by atoms with Gasteiger partial charge in [-0.05, 0) is 185 Å². The SMILES string of the molecule is COc1cc2c(cc1OC)C(NNC1CNC(Cc3cc(I)c(N)c(I)c3)c3cc(OC)c(OC)cc31)C=NC2Cc1cc(I)c(N)c(I)c1. The zero-order valence-corrected chi connectivity index (χ0v) is 36.5. The van der Waals surface area contributed by atoms with Crippen LogP contribution < -0.4 is 46.6 Å². The number of anilines is 2. The highest BCUT2D eigenvalue weighted by atomic mass is 127. The summed E-state index contributed by atoms with van der Waals surface area (Å²) in [6.45, 7) is 0.684. The largest absolute Gasteiger partial charge is 0.493 e. The quantitative estimate of drug-likeness (QED) is 0.0591. The molecule has 0 fully saturated rings. The Kier molecular flexibility index (Phi) is 12.5. The second-order valence-corrected chi connectivity index (χ2v) is 16.8. The van der Waals surface area contributed by atoms with Crippen molar-refractivity contribution >= 4 is 108 Å². The van der Waals surface area contributed by atoms with E-state index in [4.69, 9.17) is 35.4 Å². The highest BCUT2D eigenvalue weighted by molar-refractivity contribution is 14.1. The average Bonchev–Trinajstić information content (AvgIpc) is 3.11. The minimum Gasteiger partial charge on any atom is -0.493 e. The fourth-order valence-electron chi connectivity index (χ4n) is 6.56. The van der Waals surface area contributed by atoms with E-state index in [0.29, 0.717) is 29.5 Å². The first kappa shape index (κ1) is 37.9. The molecule has 4 aromatic rings. The molecule has 2 heterocycles. The van der Waals surface area contributed by atoms with Crippen LogP contribution in [-0.4, -0.2) is 41.2 Å². The minimum atomic E-state index is -0.229. The third kappa shape index (κ3) is 7.90. The lowest BCUT2D eigenvalue weighted by atomic mass is 9.87. The summed E-state index contributed by atoms with van der Waals surface area (Å²) in [7, 11) is 6.66. The Hall–Kier alpha value is -1.85. The molecular formula is C36H38I4N6O4. The number of nitrogen functional groups attached to an aromatic ring is 2. The number of hydrogen-bond acceptors (Lipinski definition) is 10. The van der Waals surface area contributed by atoms with Crippen LogP contribution in [0.15, 0.2) is 53.5 Å². The molecule has 0 saturated carbocycles. The van der Waals surface area contributed by atoms with E-state index in [9.17, 15) is 0 Å². The van der Waals surface area contributed by atoms with Crippen LogP contribution in [0.25, 0.3) is 0 Å². The average molecular weight is 1130 g/mol. The van der Waals surface area contributed by atoms with Crippen LogP contribution in [0.5, 0.6) is 23.0 Å². The molecule has 6 rings (SSSR count). The van der Waals surface area contributed by atoms with E-state index < -0.39 is 0 Å². The van der Waals surface area contributed by atoms with Gasteiger partial charge in [0.1, 0.15) is 0 Å². The molecule has 7 N–H and O–H groups in total. The smallest absolute Gasteiger partial charge is 0.161 e. The lowest BCUT2D eigenvalue weighted by Crippen LogP contribution is -2.47. The first-order valence-electron chi connectivity index (χ1n) is 15.8. The second-order valence-electron chi connectivity index (χ2n) is 12.1. The number of methoxy groups -OCH3 is 4. The number of fused-ring (bicyclic) bond motifs is 2. The van der Waals surface area contributed by atoms with Gasteiger partial charge in [-0.15, -0.1) is 0 Å². The van der Waals surface area contributed by atoms with Gasteiger partial charge in [0.25, 0.3) is 0 Å². The van der Waals surface area contributed by atoms with E-state index in [1.165, 1.54) is 11.1 Å². The maximum absolute atomic E-state index is 6.26. The Morgan fingerprint density at radius 1 is 0.640 bits per heavy atom. The van der Waals surface area contributed by atoms with Crippen molar-refractivity contribution in [1.82, 2.24) is 16.2 Å². The number of rotatable bonds is 11. The summed E-state index contributed by atoms with van der Waals surface area (Å²) in [5.41, 5.74) is 28.2. The van der Waals surface area contributed by atoms with Gasteiger partial charge in [-0.25, -0.2) is 10.9 Å². The lowest BCUT2D eigenvalue weighted by molar-refractivity contribution is 0.336. The number of nitrogens with one attached hydrogen (secondary N) is 3. The van der Waals surface area contributed by atoms with E-state index in [2.05, 4.69) is 155 Å². The van der Waals surface area contributed by atoms with Gasteiger partial charge in [0.05, 0.1) is 57.9 Å². The maximum Gasteiger partial charge on any atom is 0.161 e. The summed E-state index contributed by atoms with van der Waals surface area (Å²) in [4.78, 5) is 5.08. The highest BCUT2D eigenvalue weighted by Gasteiger charge is 2.32. The minimum absolute atomic E-state index is 0.0620. The Labute approximate surface area is 347 Å². The number of hydrazine groups is 1. The number of aliphatic imine (C=N–C) groups is 1. The van der Waals surface area contributed by atoms with Crippen molar-refractivity contribution in [2.75, 3.05) is 46.5 Å². The molecule has 0 amide bonds. The molecule has 2 aliphatic heterocycles. The molecule has 264 valence electrons. The van der Waals surface area contributed by atoms with Crippen LogP contribution >= 0.6 is 90.4 Å². The topological polar surface area (TPSA) is 137 Å². The Bertz CT molecular complexity index is 1900. The Morgan fingerprint density at radius 3 is 1.62 bits per heavy atom. The fraction of sp³-hybridized carbons (Fsp3) is 0.306. The number of benzene rings is 4.